The van der Waals surface area contributed by atoms with Gasteiger partial charge in [-0.25, -0.2) is 0 Å². The van der Waals surface area contributed by atoms with E-state index in [4.69, 9.17) is 9.84 Å². The molecule has 0 spiro atoms. The summed E-state index contributed by atoms with van der Waals surface area (Å²) in [5.41, 5.74) is 1.11. The highest BCUT2D eigenvalue weighted by molar-refractivity contribution is 7.98. The molecule has 0 amide bonds. The average molecular weight is 226 g/mol. The Hall–Kier alpha value is -1.16. The predicted octanol–water partition coefficient (Wildman–Crippen LogP) is 2.40. The summed E-state index contributed by atoms with van der Waals surface area (Å²) < 4.78 is 5.19. The minimum Gasteiger partial charge on any atom is -0.496 e. The summed E-state index contributed by atoms with van der Waals surface area (Å²) in [5.74, 6) is 1.54. The Morgan fingerprint density at radius 3 is 2.87 bits per heavy atom. The molecule has 0 aromatic heterocycles. The number of rotatable bonds is 6. The van der Waals surface area contributed by atoms with E-state index < -0.39 is 5.97 Å². The maximum absolute atomic E-state index is 10.3. The van der Waals surface area contributed by atoms with E-state index in [1.165, 1.54) is 0 Å². The van der Waals surface area contributed by atoms with Crippen LogP contribution in [0.5, 0.6) is 5.75 Å². The first kappa shape index (κ1) is 11.9. The lowest BCUT2D eigenvalue weighted by molar-refractivity contribution is -0.136. The lowest BCUT2D eigenvalue weighted by atomic mass is 10.2. The number of hydrogen-bond acceptors (Lipinski definition) is 3. The van der Waals surface area contributed by atoms with Crippen LogP contribution in [-0.2, 0) is 10.5 Å². The third kappa shape index (κ3) is 4.25. The second-order valence-corrected chi connectivity index (χ2v) is 4.11. The van der Waals surface area contributed by atoms with Crippen molar-refractivity contribution >= 4 is 17.7 Å². The highest BCUT2D eigenvalue weighted by atomic mass is 32.2. The molecular formula is C11H14O3S. The van der Waals surface area contributed by atoms with Gasteiger partial charge in [-0.1, -0.05) is 18.2 Å². The number of methoxy groups -OCH3 is 1. The Labute approximate surface area is 93.4 Å². The number of aliphatic carboxylic acids is 1. The van der Waals surface area contributed by atoms with Gasteiger partial charge >= 0.3 is 5.97 Å². The molecule has 1 N–H and O–H groups in total. The minimum atomic E-state index is -0.748. The fourth-order valence-electron chi connectivity index (χ4n) is 1.16. The van der Waals surface area contributed by atoms with Gasteiger partial charge in [0.05, 0.1) is 13.5 Å². The van der Waals surface area contributed by atoms with Gasteiger partial charge in [0.15, 0.2) is 0 Å². The van der Waals surface area contributed by atoms with Gasteiger partial charge < -0.3 is 9.84 Å². The van der Waals surface area contributed by atoms with Gasteiger partial charge in [-0.2, -0.15) is 11.8 Å². The topological polar surface area (TPSA) is 46.5 Å². The van der Waals surface area contributed by atoms with E-state index in [1.54, 1.807) is 18.9 Å². The van der Waals surface area contributed by atoms with Gasteiger partial charge in [-0.05, 0) is 6.07 Å². The normalized spacial score (nSPS) is 9.93. The zero-order chi connectivity index (χ0) is 11.1. The van der Waals surface area contributed by atoms with Crippen LogP contribution < -0.4 is 4.74 Å². The summed E-state index contributed by atoms with van der Waals surface area (Å²) >= 11 is 1.60. The lowest BCUT2D eigenvalue weighted by Crippen LogP contribution is -1.96. The van der Waals surface area contributed by atoms with Crippen LogP contribution in [-0.4, -0.2) is 23.9 Å². The van der Waals surface area contributed by atoms with Gasteiger partial charge in [-0.3, -0.25) is 4.79 Å². The third-order valence-electron chi connectivity index (χ3n) is 1.91. The van der Waals surface area contributed by atoms with Crippen LogP contribution in [0.3, 0.4) is 0 Å². The van der Waals surface area contributed by atoms with Crippen molar-refractivity contribution in [2.45, 2.75) is 12.2 Å². The van der Waals surface area contributed by atoms with Gasteiger partial charge in [0.2, 0.25) is 0 Å². The van der Waals surface area contributed by atoms with Crippen LogP contribution in [0.1, 0.15) is 12.0 Å². The summed E-state index contributed by atoms with van der Waals surface area (Å²) in [6, 6.07) is 7.78. The number of benzene rings is 1. The molecule has 4 heteroatoms. The van der Waals surface area contributed by atoms with Crippen molar-refractivity contribution in [3.05, 3.63) is 29.8 Å². The number of carboxylic acid groups (broad SMARTS) is 1. The zero-order valence-corrected chi connectivity index (χ0v) is 9.42. The monoisotopic (exact) mass is 226 g/mol. The molecule has 15 heavy (non-hydrogen) atoms. The molecule has 0 aliphatic rings. The van der Waals surface area contributed by atoms with Crippen LogP contribution in [0, 0.1) is 0 Å². The predicted molar refractivity (Wildman–Crippen MR) is 61.4 cm³/mol. The maximum atomic E-state index is 10.3. The van der Waals surface area contributed by atoms with Gasteiger partial charge in [-0.15, -0.1) is 0 Å². The fourth-order valence-corrected chi connectivity index (χ4v) is 2.09. The summed E-state index contributed by atoms with van der Waals surface area (Å²) in [4.78, 5) is 10.3. The fraction of sp³-hybridized carbons (Fsp3) is 0.364. The van der Waals surface area contributed by atoms with Crippen molar-refractivity contribution in [2.24, 2.45) is 0 Å². The first-order chi connectivity index (χ1) is 7.24. The Kier molecular flexibility index (Phi) is 5.04. The molecule has 0 radical (unpaired) electrons. The average Bonchev–Trinajstić information content (AvgIpc) is 2.24. The molecule has 0 fully saturated rings. The SMILES string of the molecule is COc1ccccc1CSCCC(=O)O. The molecule has 0 saturated carbocycles. The number of carboxylic acids is 1. The van der Waals surface area contributed by atoms with Crippen molar-refractivity contribution < 1.29 is 14.6 Å². The molecule has 1 aromatic carbocycles. The number of thioether (sulfide) groups is 1. The molecule has 82 valence electrons. The minimum absolute atomic E-state index is 0.208. The Balaban J connectivity index is 2.39. The van der Waals surface area contributed by atoms with Crippen molar-refractivity contribution in [3.8, 4) is 5.75 Å². The van der Waals surface area contributed by atoms with Crippen molar-refractivity contribution in [1.82, 2.24) is 0 Å². The van der Waals surface area contributed by atoms with Crippen molar-refractivity contribution in [3.63, 3.8) is 0 Å². The summed E-state index contributed by atoms with van der Waals surface area (Å²) in [7, 11) is 1.64. The van der Waals surface area contributed by atoms with Gasteiger partial charge in [0.25, 0.3) is 0 Å². The standard InChI is InChI=1S/C11H14O3S/c1-14-10-5-3-2-4-9(10)8-15-7-6-11(12)13/h2-5H,6-8H2,1H3,(H,12,13). The third-order valence-corrected chi connectivity index (χ3v) is 2.92. The lowest BCUT2D eigenvalue weighted by Gasteiger charge is -2.06. The Bertz CT molecular complexity index is 325. The molecule has 0 saturated heterocycles. The molecule has 0 atom stereocenters. The van der Waals surface area contributed by atoms with Gasteiger partial charge in [0, 0.05) is 17.1 Å². The quantitative estimate of drug-likeness (QED) is 0.757. The van der Waals surface area contributed by atoms with E-state index in [0.29, 0.717) is 5.75 Å². The molecule has 3 nitrogen and oxygen atoms in total. The molecule has 1 rings (SSSR count). The highest BCUT2D eigenvalue weighted by Gasteiger charge is 2.02. The van der Waals surface area contributed by atoms with Crippen molar-refractivity contribution in [1.29, 1.82) is 0 Å². The van der Waals surface area contributed by atoms with Crippen LogP contribution >= 0.6 is 11.8 Å². The second kappa shape index (κ2) is 6.35. The van der Waals surface area contributed by atoms with Crippen LogP contribution in [0.2, 0.25) is 0 Å². The number of hydrogen-bond donors (Lipinski definition) is 1. The molecular weight excluding hydrogens is 212 g/mol. The second-order valence-electron chi connectivity index (χ2n) is 3.01. The number of ether oxygens (including phenoxy) is 1. The van der Waals surface area contributed by atoms with E-state index in [0.717, 1.165) is 17.1 Å². The highest BCUT2D eigenvalue weighted by Crippen LogP contribution is 2.22. The molecule has 0 aliphatic heterocycles. The van der Waals surface area contributed by atoms with Crippen LogP contribution in [0.15, 0.2) is 24.3 Å². The van der Waals surface area contributed by atoms with Crippen molar-refractivity contribution in [2.75, 3.05) is 12.9 Å². The summed E-state index contributed by atoms with van der Waals surface area (Å²) in [5, 5.41) is 8.47. The first-order valence-electron chi connectivity index (χ1n) is 4.65. The van der Waals surface area contributed by atoms with E-state index in [-0.39, 0.29) is 6.42 Å². The largest absolute Gasteiger partial charge is 0.496 e. The number of carbonyl (C=O) groups is 1. The zero-order valence-electron chi connectivity index (χ0n) is 8.60. The smallest absolute Gasteiger partial charge is 0.304 e. The molecule has 0 heterocycles. The van der Waals surface area contributed by atoms with Crippen LogP contribution in [0.4, 0.5) is 0 Å². The molecule has 0 aliphatic carbocycles. The van der Waals surface area contributed by atoms with Gasteiger partial charge in [0.1, 0.15) is 5.75 Å². The van der Waals surface area contributed by atoms with E-state index in [2.05, 4.69) is 0 Å². The Morgan fingerprint density at radius 2 is 2.20 bits per heavy atom. The summed E-state index contributed by atoms with van der Waals surface area (Å²) in [6.45, 7) is 0. The van der Waals surface area contributed by atoms with Crippen LogP contribution in [0.25, 0.3) is 0 Å². The summed E-state index contributed by atoms with van der Waals surface area (Å²) in [6.07, 6.45) is 0.208. The number of para-hydroxylation sites is 1. The van der Waals surface area contributed by atoms with E-state index >= 15 is 0 Å². The molecule has 1 aromatic rings. The maximum Gasteiger partial charge on any atom is 0.304 e. The first-order valence-corrected chi connectivity index (χ1v) is 5.81. The van der Waals surface area contributed by atoms with E-state index in [1.807, 2.05) is 24.3 Å². The molecule has 0 unspecified atom stereocenters. The van der Waals surface area contributed by atoms with E-state index in [9.17, 15) is 4.79 Å². The Morgan fingerprint density at radius 1 is 1.47 bits per heavy atom. The molecule has 0 bridgehead atoms.